The number of nitrogens with one attached hydrogen (secondary N) is 13. The minimum Gasteiger partial charge on any atom is -0.481 e. The Labute approximate surface area is 555 Å². The van der Waals surface area contributed by atoms with Gasteiger partial charge in [0, 0.05) is 23.5 Å². The predicted molar refractivity (Wildman–Crippen MR) is 322 cm³/mol. The fourth-order valence-corrected chi connectivity index (χ4v) is 8.49. The highest BCUT2D eigenvalue weighted by molar-refractivity contribution is 6.02. The van der Waals surface area contributed by atoms with Crippen LogP contribution in [0.2, 0.25) is 0 Å². The fraction of sp³-hybridized carbons (Fsp3) is 0.473. The number of hydrogen-bond acceptors (Lipinski definition) is 22. The van der Waals surface area contributed by atoms with Crippen LogP contribution < -0.4 is 69.5 Å². The molecule has 0 radical (unpaired) electrons. The van der Waals surface area contributed by atoms with Crippen molar-refractivity contribution in [1.29, 1.82) is 0 Å². The second-order valence-electron chi connectivity index (χ2n) is 21.7. The van der Waals surface area contributed by atoms with Gasteiger partial charge in [-0.25, -0.2) is 4.79 Å². The van der Waals surface area contributed by atoms with Crippen molar-refractivity contribution in [1.82, 2.24) is 68.8 Å². The molecule has 99 heavy (non-hydrogen) atoms. The zero-order chi connectivity index (χ0) is 75.5. The minimum absolute atomic E-state index is 0.347. The van der Waals surface area contributed by atoms with Gasteiger partial charge in [-0.2, -0.15) is 0 Å². The Morgan fingerprint density at radius 2 is 0.545 bits per heavy atom. The van der Waals surface area contributed by atoms with E-state index in [0.717, 1.165) is 27.7 Å². The molecule has 0 spiro atoms. The predicted octanol–water partition coefficient (Wildman–Crippen LogP) is -9.18. The van der Waals surface area contributed by atoms with Crippen LogP contribution in [-0.2, 0) is 107 Å². The third kappa shape index (κ3) is 29.0. The number of fused-ring (bicyclic) bond motifs is 1. The van der Waals surface area contributed by atoms with Crippen molar-refractivity contribution in [3.05, 3.63) is 36.0 Å². The van der Waals surface area contributed by atoms with Crippen molar-refractivity contribution in [3.63, 3.8) is 0 Å². The number of carbonyl (C=O) groups is 21. The maximum atomic E-state index is 14.1. The first-order valence-corrected chi connectivity index (χ1v) is 28.9. The van der Waals surface area contributed by atoms with E-state index in [-0.39, 0.29) is 6.42 Å². The maximum absolute atomic E-state index is 14.1. The molecule has 1 heterocycles. The number of nitrogens with two attached hydrogens (primary N) is 1. The molecule has 1 aromatic heterocycles. The second kappa shape index (κ2) is 38.8. The molecule has 1 aromatic carbocycles. The molecule has 0 aliphatic carbocycles. The lowest BCUT2D eigenvalue weighted by Crippen LogP contribution is -2.60. The molecule has 2 rings (SSSR count). The number of aliphatic carboxylic acids is 9. The van der Waals surface area contributed by atoms with Gasteiger partial charge in [0.25, 0.3) is 0 Å². The van der Waals surface area contributed by atoms with Gasteiger partial charge in [0.05, 0.1) is 57.4 Å². The van der Waals surface area contributed by atoms with Gasteiger partial charge in [0.15, 0.2) is 0 Å². The first-order chi connectivity index (χ1) is 46.0. The summed E-state index contributed by atoms with van der Waals surface area (Å²) >= 11 is 0. The number of aromatic amines is 1. The molecule has 0 unspecified atom stereocenters. The van der Waals surface area contributed by atoms with Crippen LogP contribution in [0.15, 0.2) is 30.5 Å². The topological polar surface area (TPSA) is 727 Å². The minimum atomic E-state index is -2.30. The highest BCUT2D eigenvalue weighted by Gasteiger charge is 2.38. The second-order valence-corrected chi connectivity index (χ2v) is 21.7. The highest BCUT2D eigenvalue weighted by Crippen LogP contribution is 2.20. The van der Waals surface area contributed by atoms with Gasteiger partial charge in [-0.05, 0) is 39.3 Å². The number of aromatic nitrogens is 1. The molecular weight excluding hydrogens is 1340 g/mol. The van der Waals surface area contributed by atoms with E-state index in [2.05, 4.69) is 31.6 Å². The van der Waals surface area contributed by atoms with E-state index >= 15 is 0 Å². The fourth-order valence-electron chi connectivity index (χ4n) is 8.49. The van der Waals surface area contributed by atoms with E-state index in [1.54, 1.807) is 34.9 Å². The number of carboxylic acid groups (broad SMARTS) is 9. The summed E-state index contributed by atoms with van der Waals surface area (Å²) in [5, 5.41) is 109. The van der Waals surface area contributed by atoms with Crippen molar-refractivity contribution in [2.24, 2.45) is 5.73 Å². The molecule has 0 aliphatic rings. The zero-order valence-electron chi connectivity index (χ0n) is 52.4. The Hall–Kier alpha value is -12.4. The monoisotopic (exact) mass is 1410 g/mol. The van der Waals surface area contributed by atoms with Crippen LogP contribution in [0.5, 0.6) is 0 Å². The number of carboxylic acids is 9. The molecule has 0 saturated heterocycles. The summed E-state index contributed by atoms with van der Waals surface area (Å²) in [6.07, 6.45) is -8.88. The van der Waals surface area contributed by atoms with Crippen LogP contribution in [0, 0.1) is 0 Å². The molecule has 24 N–H and O–H groups in total. The van der Waals surface area contributed by atoms with Crippen molar-refractivity contribution >= 4 is 136 Å². The number of benzene rings is 1. The molecule has 44 nitrogen and oxygen atoms in total. The Morgan fingerprint density at radius 1 is 0.313 bits per heavy atom. The third-order valence-electron chi connectivity index (χ3n) is 13.5. The normalized spacial score (nSPS) is 14.8. The van der Waals surface area contributed by atoms with Gasteiger partial charge >= 0.3 is 53.7 Å². The first kappa shape index (κ1) is 82.7. The molecule has 2 aromatic rings. The zero-order valence-corrected chi connectivity index (χ0v) is 52.4. The standard InChI is InChI=1S/C55H72N14O30/c1-19(43(86)59-22(4)46(89)63-29(12-37(74)75)50(93)66-32(15-40(80)81)53(96)68-33(16-41(82)83)54(97)69-34(55(98)99)17-42(84)85)60-48(91)27(9-23-18-57-26-8-6-5-7-24(23)26)62-45(88)21(3)58-44(87)20(2)61-49(92)28(11-36(72)73)65-52(95)31(14-39(78)79)67-51(94)30(13-38(76)77)64-47(90)25(56)10-35(70)71/h5-8,18-22,25,27-34,57H,9-17,56H2,1-4H3,(H,58,87)(H,59,86)(H,60,91)(H,61,92)(H,62,88)(H,63,89)(H,64,90)(H,65,95)(H,66,93)(H,67,94)(H,68,96)(H,69,97)(H,70,71)(H,72,73)(H,74,75)(H,76,77)(H,78,79)(H,80,81)(H,82,83)(H,84,85)(H,98,99)/t19-,20-,21-,22-,25-,27-,28-,29-,30-,31-,32-,33-,34-/m0/s1. The Balaban J connectivity index is 2.30. The summed E-state index contributed by atoms with van der Waals surface area (Å²) in [6, 6.07) is -19.0. The molecule has 0 saturated carbocycles. The van der Waals surface area contributed by atoms with E-state index < -0.39 is 255 Å². The van der Waals surface area contributed by atoms with Gasteiger partial charge in [-0.1, -0.05) is 18.2 Å². The number of rotatable bonds is 43. The molecule has 542 valence electrons. The van der Waals surface area contributed by atoms with E-state index in [0.29, 0.717) is 16.5 Å². The summed E-state index contributed by atoms with van der Waals surface area (Å²) in [5.41, 5.74) is 6.42. The number of amides is 12. The van der Waals surface area contributed by atoms with Crippen LogP contribution in [0.4, 0.5) is 0 Å². The van der Waals surface area contributed by atoms with E-state index in [1.165, 1.54) is 6.20 Å². The third-order valence-corrected chi connectivity index (χ3v) is 13.5. The molecule has 0 bridgehead atoms. The summed E-state index contributed by atoms with van der Waals surface area (Å²) in [6.45, 7) is 4.20. The van der Waals surface area contributed by atoms with Gasteiger partial charge in [0.1, 0.15) is 72.5 Å². The largest absolute Gasteiger partial charge is 0.481 e. The van der Waals surface area contributed by atoms with Gasteiger partial charge < -0.3 is 120 Å². The number of hydrogen-bond donors (Lipinski definition) is 23. The Morgan fingerprint density at radius 3 is 0.859 bits per heavy atom. The SMILES string of the molecule is C[C@H](NC(=O)[C@H](C)NC(=O)[C@H](CC(=O)O)NC(=O)[C@H](CC(=O)O)NC(=O)[C@H](CC(=O)O)NC(=O)[C@@H](N)CC(=O)O)C(=O)N[C@@H](Cc1c[nH]c2ccccc12)C(=O)N[C@@H](C)C(=O)N[C@@H](C)C(=O)N[C@@H](CC(=O)O)C(=O)N[C@@H](CC(=O)O)C(=O)N[C@@H](CC(=O)O)C(=O)N[C@@H](CC(=O)O)C(=O)O. The van der Waals surface area contributed by atoms with Crippen molar-refractivity contribution in [3.8, 4) is 0 Å². The van der Waals surface area contributed by atoms with Gasteiger partial charge in [0.2, 0.25) is 70.9 Å². The Bertz CT molecular complexity index is 3480. The van der Waals surface area contributed by atoms with Crippen LogP contribution in [0.25, 0.3) is 10.9 Å². The first-order valence-electron chi connectivity index (χ1n) is 28.9. The van der Waals surface area contributed by atoms with Gasteiger partial charge in [-0.3, -0.25) is 95.9 Å². The van der Waals surface area contributed by atoms with E-state index in [9.17, 15) is 136 Å². The molecular formula is C55H72N14O30. The van der Waals surface area contributed by atoms with Crippen LogP contribution in [0.3, 0.4) is 0 Å². The molecule has 12 amide bonds. The van der Waals surface area contributed by atoms with Gasteiger partial charge in [-0.15, -0.1) is 0 Å². The molecule has 13 atom stereocenters. The summed E-state index contributed by atoms with van der Waals surface area (Å²) in [5.74, 6) is -32.5. The van der Waals surface area contributed by atoms with Crippen molar-refractivity contribution in [2.75, 3.05) is 0 Å². The summed E-state index contributed by atoms with van der Waals surface area (Å²) in [7, 11) is 0. The van der Waals surface area contributed by atoms with Crippen molar-refractivity contribution < 1.29 is 147 Å². The molecule has 44 heteroatoms. The number of para-hydroxylation sites is 1. The molecule has 0 fully saturated rings. The lowest BCUT2D eigenvalue weighted by molar-refractivity contribution is -0.148. The average molecular weight is 1410 g/mol. The van der Waals surface area contributed by atoms with E-state index in [4.69, 9.17) is 15.9 Å². The Kier molecular flexibility index (Phi) is 32.4. The highest BCUT2D eigenvalue weighted by atomic mass is 16.4. The molecule has 0 aliphatic heterocycles. The van der Waals surface area contributed by atoms with E-state index in [1.807, 2.05) is 26.6 Å². The lowest BCUT2D eigenvalue weighted by atomic mass is 10.0. The number of carbonyl (C=O) groups excluding carboxylic acids is 12. The van der Waals surface area contributed by atoms with Crippen molar-refractivity contribution in [2.45, 2.75) is 164 Å². The lowest BCUT2D eigenvalue weighted by Gasteiger charge is -2.26. The summed E-state index contributed by atoms with van der Waals surface area (Å²) < 4.78 is 0. The smallest absolute Gasteiger partial charge is 0.326 e. The van der Waals surface area contributed by atoms with Crippen LogP contribution in [-0.4, -0.2) is 254 Å². The average Bonchev–Trinajstić information content (AvgIpc) is 1.73. The quantitative estimate of drug-likeness (QED) is 0.0293. The summed E-state index contributed by atoms with van der Waals surface area (Å²) in [4.78, 5) is 267. The maximum Gasteiger partial charge on any atom is 0.326 e. The number of H-pyrrole nitrogens is 1. The van der Waals surface area contributed by atoms with Crippen LogP contribution >= 0.6 is 0 Å². The van der Waals surface area contributed by atoms with Crippen LogP contribution in [0.1, 0.15) is 84.6 Å².